The Bertz CT molecular complexity index is 598. The summed E-state index contributed by atoms with van der Waals surface area (Å²) in [5.41, 5.74) is 0.669. The number of esters is 1. The van der Waals surface area contributed by atoms with Crippen LogP contribution in [0.4, 0.5) is 4.39 Å². The van der Waals surface area contributed by atoms with Crippen LogP contribution in [0.1, 0.15) is 13.8 Å². The first-order valence-corrected chi connectivity index (χ1v) is 7.16. The normalized spacial score (nSPS) is 10.8. The average Bonchev–Trinajstić information content (AvgIpc) is 2.84. The molecule has 2 rings (SSSR count). The summed E-state index contributed by atoms with van der Waals surface area (Å²) in [4.78, 5) is 15.7. The van der Waals surface area contributed by atoms with Crippen LogP contribution in [-0.4, -0.2) is 27.4 Å². The first-order chi connectivity index (χ1) is 9.56. The molecule has 0 saturated carbocycles. The number of aromatic nitrogens is 2. The van der Waals surface area contributed by atoms with E-state index >= 15 is 0 Å². The Morgan fingerprint density at radius 1 is 1.50 bits per heavy atom. The maximum Gasteiger partial charge on any atom is 0.316 e. The Kier molecular flexibility index (Phi) is 4.79. The van der Waals surface area contributed by atoms with Crippen LogP contribution in [0.3, 0.4) is 0 Å². The molecule has 20 heavy (non-hydrogen) atoms. The molecule has 4 nitrogen and oxygen atoms in total. The van der Waals surface area contributed by atoms with Gasteiger partial charge in [-0.25, -0.2) is 9.37 Å². The molecule has 2 aromatic rings. The fourth-order valence-corrected chi connectivity index (χ4v) is 2.40. The summed E-state index contributed by atoms with van der Waals surface area (Å²) in [6, 6.07) is 6.21. The molecular weight excluding hydrogens is 279 g/mol. The van der Waals surface area contributed by atoms with E-state index in [0.29, 0.717) is 10.8 Å². The van der Waals surface area contributed by atoms with Crippen LogP contribution in [0.2, 0.25) is 0 Å². The fraction of sp³-hybridized carbons (Fsp3) is 0.286. The smallest absolute Gasteiger partial charge is 0.316 e. The van der Waals surface area contributed by atoms with Crippen LogP contribution in [-0.2, 0) is 9.53 Å². The van der Waals surface area contributed by atoms with Crippen molar-refractivity contribution in [2.75, 3.05) is 5.75 Å². The van der Waals surface area contributed by atoms with Gasteiger partial charge in [0.1, 0.15) is 5.82 Å². The molecule has 0 aliphatic carbocycles. The number of ether oxygens (including phenoxy) is 1. The number of carbonyl (C=O) groups excluding carboxylic acids is 1. The third kappa shape index (κ3) is 3.84. The maximum absolute atomic E-state index is 13.2. The maximum atomic E-state index is 13.2. The highest BCUT2D eigenvalue weighted by Crippen LogP contribution is 2.21. The van der Waals surface area contributed by atoms with E-state index in [0.717, 1.165) is 0 Å². The lowest BCUT2D eigenvalue weighted by Crippen LogP contribution is -2.13. The third-order valence-electron chi connectivity index (χ3n) is 2.38. The predicted molar refractivity (Wildman–Crippen MR) is 75.5 cm³/mol. The van der Waals surface area contributed by atoms with Crippen molar-refractivity contribution in [1.29, 1.82) is 0 Å². The molecule has 1 aromatic carbocycles. The van der Waals surface area contributed by atoms with Crippen molar-refractivity contribution < 1.29 is 13.9 Å². The van der Waals surface area contributed by atoms with Gasteiger partial charge in [0.05, 0.1) is 17.5 Å². The highest BCUT2D eigenvalue weighted by atomic mass is 32.2. The molecule has 0 spiro atoms. The van der Waals surface area contributed by atoms with Gasteiger partial charge in [-0.15, -0.1) is 0 Å². The molecular formula is C14H15FN2O2S. The molecule has 1 aromatic heterocycles. The number of hydrogen-bond acceptors (Lipinski definition) is 4. The molecule has 0 N–H and O–H groups in total. The topological polar surface area (TPSA) is 44.1 Å². The molecule has 106 valence electrons. The van der Waals surface area contributed by atoms with Gasteiger partial charge in [-0.2, -0.15) is 0 Å². The number of halogens is 1. The minimum atomic E-state index is -0.314. The van der Waals surface area contributed by atoms with Gasteiger partial charge in [0.25, 0.3) is 0 Å². The first kappa shape index (κ1) is 14.6. The highest BCUT2D eigenvalue weighted by molar-refractivity contribution is 7.99. The monoisotopic (exact) mass is 294 g/mol. The minimum absolute atomic E-state index is 0.133. The number of carbonyl (C=O) groups is 1. The minimum Gasteiger partial charge on any atom is -0.462 e. The second kappa shape index (κ2) is 6.56. The molecule has 0 atom stereocenters. The zero-order valence-corrected chi connectivity index (χ0v) is 12.1. The van der Waals surface area contributed by atoms with Gasteiger partial charge < -0.3 is 4.74 Å². The summed E-state index contributed by atoms with van der Waals surface area (Å²) in [5, 5.41) is 0.622. The number of imidazole rings is 1. The second-order valence-corrected chi connectivity index (χ2v) is 5.33. The zero-order chi connectivity index (χ0) is 14.5. The van der Waals surface area contributed by atoms with E-state index in [4.69, 9.17) is 4.74 Å². The average molecular weight is 294 g/mol. The Balaban J connectivity index is 2.08. The van der Waals surface area contributed by atoms with Crippen LogP contribution >= 0.6 is 11.8 Å². The van der Waals surface area contributed by atoms with Crippen LogP contribution in [0.5, 0.6) is 0 Å². The predicted octanol–water partition coefficient (Wildman–Crippen LogP) is 3.06. The quantitative estimate of drug-likeness (QED) is 0.628. The van der Waals surface area contributed by atoms with Crippen molar-refractivity contribution in [1.82, 2.24) is 9.55 Å². The number of thioether (sulfide) groups is 1. The molecule has 0 aliphatic heterocycles. The molecule has 0 bridgehead atoms. The molecule has 0 unspecified atom stereocenters. The van der Waals surface area contributed by atoms with Crippen molar-refractivity contribution in [2.45, 2.75) is 25.1 Å². The first-order valence-electron chi connectivity index (χ1n) is 6.18. The number of rotatable bonds is 5. The summed E-state index contributed by atoms with van der Waals surface area (Å²) in [7, 11) is 0. The van der Waals surface area contributed by atoms with Crippen molar-refractivity contribution in [3.8, 4) is 5.69 Å². The van der Waals surface area contributed by atoms with Crippen LogP contribution in [0.25, 0.3) is 5.69 Å². The fourth-order valence-electron chi connectivity index (χ4n) is 1.64. The van der Waals surface area contributed by atoms with E-state index in [2.05, 4.69) is 4.98 Å². The van der Waals surface area contributed by atoms with Gasteiger partial charge in [-0.3, -0.25) is 9.36 Å². The lowest BCUT2D eigenvalue weighted by atomic mass is 10.3. The van der Waals surface area contributed by atoms with E-state index in [1.807, 2.05) is 0 Å². The lowest BCUT2D eigenvalue weighted by Gasteiger charge is -2.09. The van der Waals surface area contributed by atoms with Crippen molar-refractivity contribution in [3.05, 3.63) is 42.5 Å². The zero-order valence-electron chi connectivity index (χ0n) is 11.2. The molecule has 1 heterocycles. The molecule has 0 radical (unpaired) electrons. The third-order valence-corrected chi connectivity index (χ3v) is 3.32. The van der Waals surface area contributed by atoms with Crippen molar-refractivity contribution in [3.63, 3.8) is 0 Å². The number of benzene rings is 1. The van der Waals surface area contributed by atoms with Crippen molar-refractivity contribution in [2.24, 2.45) is 0 Å². The largest absolute Gasteiger partial charge is 0.462 e. The summed E-state index contributed by atoms with van der Waals surface area (Å²) < 4.78 is 20.0. The Morgan fingerprint density at radius 2 is 2.30 bits per heavy atom. The Hall–Kier alpha value is -1.82. The number of hydrogen-bond donors (Lipinski definition) is 0. The van der Waals surface area contributed by atoms with Gasteiger partial charge in [-0.05, 0) is 32.0 Å². The summed E-state index contributed by atoms with van der Waals surface area (Å²) in [6.07, 6.45) is 3.21. The Labute approximate surface area is 121 Å². The molecule has 0 amide bonds. The summed E-state index contributed by atoms with van der Waals surface area (Å²) >= 11 is 1.26. The molecule has 0 saturated heterocycles. The van der Waals surface area contributed by atoms with Crippen LogP contribution in [0, 0.1) is 5.82 Å². The lowest BCUT2D eigenvalue weighted by molar-refractivity contribution is -0.144. The number of nitrogens with zero attached hydrogens (tertiary/aromatic N) is 2. The SMILES string of the molecule is CC(C)OC(=O)CSc1nccn1-c1cccc(F)c1. The van der Waals surface area contributed by atoms with E-state index < -0.39 is 0 Å². The van der Waals surface area contributed by atoms with E-state index in [1.165, 1.54) is 23.9 Å². The molecule has 6 heteroatoms. The highest BCUT2D eigenvalue weighted by Gasteiger charge is 2.11. The van der Waals surface area contributed by atoms with E-state index in [1.54, 1.807) is 42.9 Å². The summed E-state index contributed by atoms with van der Waals surface area (Å²) in [5.74, 6) is -0.435. The van der Waals surface area contributed by atoms with Gasteiger partial charge >= 0.3 is 5.97 Å². The van der Waals surface area contributed by atoms with Crippen LogP contribution < -0.4 is 0 Å². The van der Waals surface area contributed by atoms with Gasteiger partial charge in [0.2, 0.25) is 0 Å². The second-order valence-electron chi connectivity index (χ2n) is 4.39. The van der Waals surface area contributed by atoms with Gasteiger partial charge in [-0.1, -0.05) is 17.8 Å². The Morgan fingerprint density at radius 3 is 3.00 bits per heavy atom. The summed E-state index contributed by atoms with van der Waals surface area (Å²) in [6.45, 7) is 3.60. The van der Waals surface area contributed by atoms with Gasteiger partial charge in [0.15, 0.2) is 5.16 Å². The van der Waals surface area contributed by atoms with E-state index in [9.17, 15) is 9.18 Å². The standard InChI is InChI=1S/C14H15FN2O2S/c1-10(2)19-13(18)9-20-14-16-6-7-17(14)12-5-3-4-11(15)8-12/h3-8,10H,9H2,1-2H3. The van der Waals surface area contributed by atoms with Gasteiger partial charge in [0, 0.05) is 12.4 Å². The van der Waals surface area contributed by atoms with Crippen molar-refractivity contribution >= 4 is 17.7 Å². The van der Waals surface area contributed by atoms with E-state index in [-0.39, 0.29) is 23.6 Å². The van der Waals surface area contributed by atoms with Crippen LogP contribution in [0.15, 0.2) is 41.8 Å². The molecule has 0 fully saturated rings. The molecule has 0 aliphatic rings.